The number of rotatable bonds is 6. The Kier molecular flexibility index (Phi) is 6.46. The van der Waals surface area contributed by atoms with E-state index >= 15 is 0 Å². The van der Waals surface area contributed by atoms with E-state index in [0.29, 0.717) is 38.5 Å². The van der Waals surface area contributed by atoms with E-state index in [4.69, 9.17) is 9.47 Å². The second-order valence-electron chi connectivity index (χ2n) is 5.91. The first-order chi connectivity index (χ1) is 11.5. The molecule has 0 unspecified atom stereocenters. The quantitative estimate of drug-likeness (QED) is 0.798. The number of benzene rings is 1. The van der Waals surface area contributed by atoms with E-state index in [1.54, 1.807) is 23.6 Å². The van der Waals surface area contributed by atoms with Crippen molar-refractivity contribution in [1.29, 1.82) is 0 Å². The molecule has 1 aromatic carbocycles. The lowest BCUT2D eigenvalue weighted by Crippen LogP contribution is -2.52. The molecule has 6 heteroatoms. The molecule has 1 aliphatic heterocycles. The van der Waals surface area contributed by atoms with E-state index in [0.717, 1.165) is 12.2 Å². The normalized spacial score (nSPS) is 15.8. The number of hydrogen-bond acceptors (Lipinski definition) is 4. The van der Waals surface area contributed by atoms with E-state index in [2.05, 4.69) is 6.92 Å². The van der Waals surface area contributed by atoms with Gasteiger partial charge in [0.25, 0.3) is 5.91 Å². The lowest BCUT2D eigenvalue weighted by molar-refractivity contribution is -0.143. The van der Waals surface area contributed by atoms with Crippen molar-refractivity contribution in [3.63, 3.8) is 0 Å². The summed E-state index contributed by atoms with van der Waals surface area (Å²) in [5, 5.41) is 0. The Morgan fingerprint density at radius 1 is 1.04 bits per heavy atom. The van der Waals surface area contributed by atoms with Crippen LogP contribution in [0.25, 0.3) is 0 Å². The first-order valence-electron chi connectivity index (χ1n) is 8.45. The van der Waals surface area contributed by atoms with Crippen LogP contribution >= 0.6 is 0 Å². The van der Waals surface area contributed by atoms with Crippen molar-refractivity contribution in [1.82, 2.24) is 9.80 Å². The first-order valence-corrected chi connectivity index (χ1v) is 8.45. The number of piperazine rings is 1. The van der Waals surface area contributed by atoms with Crippen LogP contribution in [0.1, 0.15) is 27.2 Å². The Morgan fingerprint density at radius 3 is 2.12 bits per heavy atom. The van der Waals surface area contributed by atoms with Gasteiger partial charge in [0.2, 0.25) is 5.91 Å². The van der Waals surface area contributed by atoms with E-state index in [1.807, 2.05) is 24.3 Å². The molecule has 2 rings (SSSR count). The molecule has 1 saturated heterocycles. The highest BCUT2D eigenvalue weighted by molar-refractivity contribution is 5.81. The van der Waals surface area contributed by atoms with Gasteiger partial charge in [-0.1, -0.05) is 6.92 Å². The molecule has 0 N–H and O–H groups in total. The molecular weight excluding hydrogens is 308 g/mol. The van der Waals surface area contributed by atoms with Gasteiger partial charge in [-0.3, -0.25) is 9.59 Å². The summed E-state index contributed by atoms with van der Waals surface area (Å²) in [6.07, 6.45) is 0.400. The van der Waals surface area contributed by atoms with Crippen LogP contribution in [0.15, 0.2) is 24.3 Å². The number of amides is 2. The van der Waals surface area contributed by atoms with Crippen LogP contribution in [0.4, 0.5) is 0 Å². The summed E-state index contributed by atoms with van der Waals surface area (Å²) in [4.78, 5) is 27.3. The van der Waals surface area contributed by atoms with Gasteiger partial charge in [0.15, 0.2) is 6.10 Å². The number of carbonyl (C=O) groups is 2. The van der Waals surface area contributed by atoms with Crippen LogP contribution in [0, 0.1) is 0 Å². The van der Waals surface area contributed by atoms with Gasteiger partial charge in [0.05, 0.1) is 6.61 Å². The second kappa shape index (κ2) is 8.57. The molecule has 1 aromatic rings. The maximum absolute atomic E-state index is 12.5. The molecule has 0 bridgehead atoms. The van der Waals surface area contributed by atoms with Crippen LogP contribution < -0.4 is 9.47 Å². The molecular formula is C18H26N2O4. The zero-order valence-electron chi connectivity index (χ0n) is 14.7. The average molecular weight is 334 g/mol. The van der Waals surface area contributed by atoms with Crippen molar-refractivity contribution >= 4 is 11.8 Å². The Morgan fingerprint density at radius 2 is 1.58 bits per heavy atom. The van der Waals surface area contributed by atoms with Gasteiger partial charge in [-0.25, -0.2) is 0 Å². The van der Waals surface area contributed by atoms with Crippen molar-refractivity contribution in [2.75, 3.05) is 32.8 Å². The number of nitrogens with zero attached hydrogens (tertiary/aromatic N) is 2. The Bertz CT molecular complexity index is 551. The molecule has 0 radical (unpaired) electrons. The predicted octanol–water partition coefficient (Wildman–Crippen LogP) is 1.93. The van der Waals surface area contributed by atoms with Gasteiger partial charge >= 0.3 is 0 Å². The number of hydrogen-bond donors (Lipinski definition) is 0. The monoisotopic (exact) mass is 334 g/mol. The fraction of sp³-hybridized carbons (Fsp3) is 0.556. The third kappa shape index (κ3) is 4.88. The third-order valence-corrected chi connectivity index (χ3v) is 3.99. The summed E-state index contributed by atoms with van der Waals surface area (Å²) >= 11 is 0. The minimum Gasteiger partial charge on any atom is -0.494 e. The highest BCUT2D eigenvalue weighted by Gasteiger charge is 2.26. The Labute approximate surface area is 143 Å². The van der Waals surface area contributed by atoms with Crippen LogP contribution in [0.3, 0.4) is 0 Å². The average Bonchev–Trinajstić information content (AvgIpc) is 2.60. The zero-order valence-corrected chi connectivity index (χ0v) is 14.7. The third-order valence-electron chi connectivity index (χ3n) is 3.99. The van der Waals surface area contributed by atoms with E-state index < -0.39 is 6.10 Å². The fourth-order valence-corrected chi connectivity index (χ4v) is 2.59. The molecule has 0 saturated carbocycles. The molecule has 24 heavy (non-hydrogen) atoms. The van der Waals surface area contributed by atoms with E-state index in [1.165, 1.54) is 0 Å². The van der Waals surface area contributed by atoms with Crippen molar-refractivity contribution in [2.45, 2.75) is 33.3 Å². The molecule has 1 fully saturated rings. The van der Waals surface area contributed by atoms with Crippen molar-refractivity contribution < 1.29 is 19.1 Å². The Balaban J connectivity index is 1.84. The maximum atomic E-state index is 12.5. The molecule has 0 aliphatic carbocycles. The van der Waals surface area contributed by atoms with E-state index in [-0.39, 0.29) is 11.8 Å². The standard InChI is InChI=1S/C18H26N2O4/c1-4-13-23-16-5-7-17(8-6-16)24-14(2)18(22)20-11-9-19(10-12-20)15(3)21/h5-8,14H,4,9-13H2,1-3H3/t14-/m0/s1. The second-order valence-corrected chi connectivity index (χ2v) is 5.91. The van der Waals surface area contributed by atoms with Crippen LogP contribution in [-0.2, 0) is 9.59 Å². The van der Waals surface area contributed by atoms with Gasteiger partial charge < -0.3 is 19.3 Å². The largest absolute Gasteiger partial charge is 0.494 e. The zero-order chi connectivity index (χ0) is 17.5. The molecule has 1 aliphatic rings. The van der Waals surface area contributed by atoms with Gasteiger partial charge in [0.1, 0.15) is 11.5 Å². The molecule has 132 valence electrons. The van der Waals surface area contributed by atoms with Crippen LogP contribution in [0.2, 0.25) is 0 Å². The van der Waals surface area contributed by atoms with E-state index in [9.17, 15) is 9.59 Å². The van der Waals surface area contributed by atoms with Crippen molar-refractivity contribution in [2.24, 2.45) is 0 Å². The molecule has 1 heterocycles. The van der Waals surface area contributed by atoms with Gasteiger partial charge in [-0.2, -0.15) is 0 Å². The summed E-state index contributed by atoms with van der Waals surface area (Å²) in [6, 6.07) is 7.30. The molecule has 6 nitrogen and oxygen atoms in total. The smallest absolute Gasteiger partial charge is 0.263 e. The highest BCUT2D eigenvalue weighted by atomic mass is 16.5. The minimum atomic E-state index is -0.559. The minimum absolute atomic E-state index is 0.0514. The topological polar surface area (TPSA) is 59.1 Å². The highest BCUT2D eigenvalue weighted by Crippen LogP contribution is 2.19. The number of ether oxygens (including phenoxy) is 2. The number of carbonyl (C=O) groups excluding carboxylic acids is 2. The summed E-state index contributed by atoms with van der Waals surface area (Å²) in [5.41, 5.74) is 0. The SMILES string of the molecule is CCCOc1ccc(O[C@@H](C)C(=O)N2CCN(C(C)=O)CC2)cc1. The summed E-state index contributed by atoms with van der Waals surface area (Å²) in [5.74, 6) is 1.44. The molecule has 0 spiro atoms. The molecule has 0 aromatic heterocycles. The lowest BCUT2D eigenvalue weighted by atomic mass is 10.2. The van der Waals surface area contributed by atoms with Crippen LogP contribution in [-0.4, -0.2) is 60.5 Å². The van der Waals surface area contributed by atoms with Crippen molar-refractivity contribution in [3.8, 4) is 11.5 Å². The van der Waals surface area contributed by atoms with Crippen LogP contribution in [0.5, 0.6) is 11.5 Å². The first kappa shape index (κ1) is 18.1. The van der Waals surface area contributed by atoms with Gasteiger partial charge in [-0.15, -0.1) is 0 Å². The summed E-state index contributed by atoms with van der Waals surface area (Å²) < 4.78 is 11.3. The Hall–Kier alpha value is -2.24. The lowest BCUT2D eigenvalue weighted by Gasteiger charge is -2.35. The predicted molar refractivity (Wildman–Crippen MR) is 91.2 cm³/mol. The molecule has 1 atom stereocenters. The summed E-state index contributed by atoms with van der Waals surface area (Å²) in [7, 11) is 0. The van der Waals surface area contributed by atoms with Gasteiger partial charge in [-0.05, 0) is 37.6 Å². The maximum Gasteiger partial charge on any atom is 0.263 e. The van der Waals surface area contributed by atoms with Crippen molar-refractivity contribution in [3.05, 3.63) is 24.3 Å². The summed E-state index contributed by atoms with van der Waals surface area (Å²) in [6.45, 7) is 8.31. The fourth-order valence-electron chi connectivity index (χ4n) is 2.59. The van der Waals surface area contributed by atoms with Gasteiger partial charge in [0, 0.05) is 33.1 Å². The molecule has 2 amide bonds.